The summed E-state index contributed by atoms with van der Waals surface area (Å²) in [6.07, 6.45) is -4.28. The molecule has 2 rings (SSSR count). The molecule has 1 aromatic heterocycles. The average molecular weight is 317 g/mol. The minimum atomic E-state index is -4.82. The molecule has 0 aliphatic heterocycles. The first-order valence-corrected chi connectivity index (χ1v) is 6.94. The zero-order chi connectivity index (χ0) is 15.5. The maximum atomic E-state index is 13.7. The van der Waals surface area contributed by atoms with Gasteiger partial charge in [0.2, 0.25) is 0 Å². The number of alkyl halides is 3. The van der Waals surface area contributed by atoms with Crippen LogP contribution in [0.3, 0.4) is 0 Å². The Morgan fingerprint density at radius 1 is 1.19 bits per heavy atom. The van der Waals surface area contributed by atoms with Crippen molar-refractivity contribution in [1.29, 1.82) is 0 Å². The standard InChI is InChI=1S/C14H11F4NOS/c15-12-10(4-1-5-11(12)14(16,17)18)13(20)19-7-6-9-3-2-8-21-9/h1-5,8H,6-7H2,(H,19,20). The highest BCUT2D eigenvalue weighted by Gasteiger charge is 2.35. The lowest BCUT2D eigenvalue weighted by atomic mass is 10.1. The van der Waals surface area contributed by atoms with E-state index in [0.29, 0.717) is 12.5 Å². The first-order chi connectivity index (χ1) is 9.89. The number of hydrogen-bond donors (Lipinski definition) is 1. The van der Waals surface area contributed by atoms with Crippen molar-refractivity contribution < 1.29 is 22.4 Å². The van der Waals surface area contributed by atoms with Gasteiger partial charge in [0, 0.05) is 11.4 Å². The number of amides is 1. The number of hydrogen-bond acceptors (Lipinski definition) is 2. The largest absolute Gasteiger partial charge is 0.419 e. The number of rotatable bonds is 4. The summed E-state index contributed by atoms with van der Waals surface area (Å²) < 4.78 is 51.4. The summed E-state index contributed by atoms with van der Waals surface area (Å²) in [5.41, 5.74) is -2.04. The normalized spacial score (nSPS) is 11.4. The van der Waals surface area contributed by atoms with Crippen LogP contribution in [0.2, 0.25) is 0 Å². The lowest BCUT2D eigenvalue weighted by molar-refractivity contribution is -0.140. The van der Waals surface area contributed by atoms with Crippen molar-refractivity contribution in [2.45, 2.75) is 12.6 Å². The Hall–Kier alpha value is -1.89. The zero-order valence-electron chi connectivity index (χ0n) is 10.7. The number of halogens is 4. The van der Waals surface area contributed by atoms with Gasteiger partial charge in [-0.2, -0.15) is 13.2 Å². The predicted molar refractivity (Wildman–Crippen MR) is 71.8 cm³/mol. The van der Waals surface area contributed by atoms with E-state index in [2.05, 4.69) is 5.32 Å². The third-order valence-electron chi connectivity index (χ3n) is 2.79. The summed E-state index contributed by atoms with van der Waals surface area (Å²) in [4.78, 5) is 12.8. The van der Waals surface area contributed by atoms with Gasteiger partial charge in [-0.25, -0.2) is 4.39 Å². The van der Waals surface area contributed by atoms with Gasteiger partial charge in [-0.15, -0.1) is 11.3 Å². The van der Waals surface area contributed by atoms with Crippen LogP contribution in [0.4, 0.5) is 17.6 Å². The number of carbonyl (C=O) groups excluding carboxylic acids is 1. The van der Waals surface area contributed by atoms with E-state index in [9.17, 15) is 22.4 Å². The van der Waals surface area contributed by atoms with Crippen molar-refractivity contribution in [1.82, 2.24) is 5.32 Å². The van der Waals surface area contributed by atoms with Crippen LogP contribution in [0.25, 0.3) is 0 Å². The molecule has 7 heteroatoms. The van der Waals surface area contributed by atoms with Crippen LogP contribution >= 0.6 is 11.3 Å². The monoisotopic (exact) mass is 317 g/mol. The smallest absolute Gasteiger partial charge is 0.352 e. The van der Waals surface area contributed by atoms with Gasteiger partial charge < -0.3 is 5.32 Å². The van der Waals surface area contributed by atoms with Gasteiger partial charge in [0.25, 0.3) is 5.91 Å². The first kappa shape index (κ1) is 15.5. The molecule has 0 aliphatic carbocycles. The molecule has 1 aromatic carbocycles. The second-order valence-electron chi connectivity index (χ2n) is 4.25. The molecule has 0 saturated heterocycles. The van der Waals surface area contributed by atoms with E-state index in [1.807, 2.05) is 17.5 Å². The molecule has 2 aromatic rings. The Morgan fingerprint density at radius 3 is 2.57 bits per heavy atom. The van der Waals surface area contributed by atoms with Crippen LogP contribution in [-0.2, 0) is 12.6 Å². The zero-order valence-corrected chi connectivity index (χ0v) is 11.5. The van der Waals surface area contributed by atoms with Crippen LogP contribution in [-0.4, -0.2) is 12.5 Å². The molecule has 0 unspecified atom stereocenters. The summed E-state index contributed by atoms with van der Waals surface area (Å²) in [6.45, 7) is 0.231. The molecule has 0 saturated carbocycles. The molecule has 0 spiro atoms. The predicted octanol–water partition coefficient (Wildman–Crippen LogP) is 3.88. The highest BCUT2D eigenvalue weighted by Crippen LogP contribution is 2.32. The molecule has 0 fully saturated rings. The number of nitrogens with one attached hydrogen (secondary N) is 1. The van der Waals surface area contributed by atoms with E-state index in [-0.39, 0.29) is 6.54 Å². The van der Waals surface area contributed by atoms with Crippen molar-refractivity contribution in [2.24, 2.45) is 0 Å². The average Bonchev–Trinajstić information content (AvgIpc) is 2.90. The molecule has 21 heavy (non-hydrogen) atoms. The van der Waals surface area contributed by atoms with Crippen molar-refractivity contribution in [3.05, 3.63) is 57.5 Å². The molecule has 1 N–H and O–H groups in total. The van der Waals surface area contributed by atoms with E-state index < -0.39 is 29.0 Å². The Balaban J connectivity index is 2.05. The van der Waals surface area contributed by atoms with Gasteiger partial charge >= 0.3 is 6.18 Å². The minimum Gasteiger partial charge on any atom is -0.352 e. The summed E-state index contributed by atoms with van der Waals surface area (Å²) in [6, 6.07) is 6.39. The lowest BCUT2D eigenvalue weighted by Gasteiger charge is -2.11. The molecule has 1 amide bonds. The van der Waals surface area contributed by atoms with Crippen molar-refractivity contribution in [2.75, 3.05) is 6.54 Å². The molecule has 0 aliphatic rings. The Bertz CT molecular complexity index is 622. The summed E-state index contributed by atoms with van der Waals surface area (Å²) >= 11 is 1.51. The van der Waals surface area contributed by atoms with Crippen LogP contribution < -0.4 is 5.32 Å². The van der Waals surface area contributed by atoms with Crippen LogP contribution in [0.15, 0.2) is 35.7 Å². The maximum absolute atomic E-state index is 13.7. The molecule has 1 heterocycles. The highest BCUT2D eigenvalue weighted by molar-refractivity contribution is 7.09. The van der Waals surface area contributed by atoms with Gasteiger partial charge in [0.15, 0.2) is 0 Å². The Labute approximate surface area is 122 Å². The van der Waals surface area contributed by atoms with Gasteiger partial charge in [-0.3, -0.25) is 4.79 Å². The van der Waals surface area contributed by atoms with E-state index in [1.54, 1.807) is 0 Å². The fourth-order valence-corrected chi connectivity index (χ4v) is 2.48. The number of carbonyl (C=O) groups is 1. The van der Waals surface area contributed by atoms with Gasteiger partial charge in [0.05, 0.1) is 11.1 Å². The lowest BCUT2D eigenvalue weighted by Crippen LogP contribution is -2.27. The van der Waals surface area contributed by atoms with Gasteiger partial charge in [-0.05, 0) is 30.0 Å². The molecule has 0 radical (unpaired) electrons. The molecule has 112 valence electrons. The van der Waals surface area contributed by atoms with Crippen LogP contribution in [0.5, 0.6) is 0 Å². The second kappa shape index (κ2) is 6.26. The van der Waals surface area contributed by atoms with Crippen molar-refractivity contribution in [3.63, 3.8) is 0 Å². The van der Waals surface area contributed by atoms with E-state index in [1.165, 1.54) is 11.3 Å². The second-order valence-corrected chi connectivity index (χ2v) is 5.28. The highest BCUT2D eigenvalue weighted by atomic mass is 32.1. The van der Waals surface area contributed by atoms with E-state index >= 15 is 0 Å². The molecule has 0 atom stereocenters. The Morgan fingerprint density at radius 2 is 1.95 bits per heavy atom. The van der Waals surface area contributed by atoms with Crippen LogP contribution in [0.1, 0.15) is 20.8 Å². The molecular formula is C14H11F4NOS. The third-order valence-corrected chi connectivity index (χ3v) is 3.72. The molecule has 0 bridgehead atoms. The van der Waals surface area contributed by atoms with Crippen molar-refractivity contribution >= 4 is 17.2 Å². The number of benzene rings is 1. The number of thiophene rings is 1. The summed E-state index contributed by atoms with van der Waals surface area (Å²) in [5, 5.41) is 4.30. The first-order valence-electron chi connectivity index (χ1n) is 6.06. The third kappa shape index (κ3) is 3.81. The van der Waals surface area contributed by atoms with Crippen LogP contribution in [0, 0.1) is 5.82 Å². The maximum Gasteiger partial charge on any atom is 0.419 e. The van der Waals surface area contributed by atoms with Gasteiger partial charge in [-0.1, -0.05) is 12.1 Å². The summed E-state index contributed by atoms with van der Waals surface area (Å²) in [7, 11) is 0. The van der Waals surface area contributed by atoms with E-state index in [0.717, 1.165) is 17.0 Å². The fraction of sp³-hybridized carbons (Fsp3) is 0.214. The molecule has 2 nitrogen and oxygen atoms in total. The van der Waals surface area contributed by atoms with E-state index in [4.69, 9.17) is 0 Å². The fourth-order valence-electron chi connectivity index (χ4n) is 1.78. The van der Waals surface area contributed by atoms with Crippen molar-refractivity contribution in [3.8, 4) is 0 Å². The van der Waals surface area contributed by atoms with Gasteiger partial charge in [0.1, 0.15) is 5.82 Å². The Kier molecular flexibility index (Phi) is 4.62. The molecular weight excluding hydrogens is 306 g/mol. The summed E-state index contributed by atoms with van der Waals surface area (Å²) in [5.74, 6) is -2.39. The minimum absolute atomic E-state index is 0.231. The quantitative estimate of drug-likeness (QED) is 0.852. The topological polar surface area (TPSA) is 29.1 Å². The SMILES string of the molecule is O=C(NCCc1cccs1)c1cccc(C(F)(F)F)c1F.